The molecule has 0 radical (unpaired) electrons. The number of pyridine rings is 1. The second-order valence-electron chi connectivity index (χ2n) is 3.56. The summed E-state index contributed by atoms with van der Waals surface area (Å²) in [6.07, 6.45) is 5.11. The van der Waals surface area contributed by atoms with Gasteiger partial charge in [0.25, 0.3) is 0 Å². The molecule has 3 N–H and O–H groups in total. The Kier molecular flexibility index (Phi) is 3.28. The van der Waals surface area contributed by atoms with Crippen molar-refractivity contribution in [2.24, 2.45) is 5.73 Å². The molecule has 0 saturated carbocycles. The molecule has 1 unspecified atom stereocenters. The van der Waals surface area contributed by atoms with Crippen molar-refractivity contribution in [3.63, 3.8) is 0 Å². The van der Waals surface area contributed by atoms with Gasteiger partial charge in [-0.2, -0.15) is 0 Å². The highest BCUT2D eigenvalue weighted by Crippen LogP contribution is 2.10. The lowest BCUT2D eigenvalue weighted by Gasteiger charge is -2.11. The third-order valence-electron chi connectivity index (χ3n) is 2.38. The van der Waals surface area contributed by atoms with Crippen molar-refractivity contribution in [2.75, 3.05) is 6.61 Å². The number of imidazole rings is 1. The molecule has 2 aromatic heterocycles. The Labute approximate surface area is 93.6 Å². The summed E-state index contributed by atoms with van der Waals surface area (Å²) in [6.45, 7) is 0.526. The molecule has 2 aromatic rings. The topological polar surface area (TPSA) is 77.0 Å². The second-order valence-corrected chi connectivity index (χ2v) is 3.56. The zero-order valence-electron chi connectivity index (χ0n) is 8.82. The number of hydrogen-bond acceptors (Lipinski definition) is 4. The molecule has 84 valence electrons. The Balaban J connectivity index is 2.19. The monoisotopic (exact) mass is 218 g/mol. The molecule has 1 atom stereocenters. The number of aliphatic hydroxyl groups excluding tert-OH is 1. The number of nitrogens with two attached hydrogens (primary N) is 1. The molecule has 0 saturated heterocycles. The second kappa shape index (κ2) is 4.87. The number of hydrogen-bond donors (Lipinski definition) is 2. The molecule has 0 aliphatic heterocycles. The van der Waals surface area contributed by atoms with Crippen molar-refractivity contribution in [1.82, 2.24) is 14.5 Å². The highest BCUT2D eigenvalue weighted by molar-refractivity contribution is 5.10. The first-order chi connectivity index (χ1) is 7.81. The lowest BCUT2D eigenvalue weighted by Crippen LogP contribution is -2.19. The molecule has 5 heteroatoms. The van der Waals surface area contributed by atoms with Crippen molar-refractivity contribution in [3.05, 3.63) is 48.3 Å². The van der Waals surface area contributed by atoms with Crippen molar-refractivity contribution in [1.29, 1.82) is 0 Å². The van der Waals surface area contributed by atoms with E-state index in [4.69, 9.17) is 10.8 Å². The molecular weight excluding hydrogens is 204 g/mol. The van der Waals surface area contributed by atoms with E-state index in [0.29, 0.717) is 6.54 Å². The molecule has 16 heavy (non-hydrogen) atoms. The molecule has 0 fully saturated rings. The van der Waals surface area contributed by atoms with Crippen LogP contribution in [0.2, 0.25) is 0 Å². The Hall–Kier alpha value is -1.72. The van der Waals surface area contributed by atoms with Gasteiger partial charge in [-0.05, 0) is 12.1 Å². The van der Waals surface area contributed by atoms with Gasteiger partial charge in [-0.15, -0.1) is 0 Å². The molecule has 0 spiro atoms. The van der Waals surface area contributed by atoms with E-state index in [0.717, 1.165) is 11.4 Å². The van der Waals surface area contributed by atoms with Gasteiger partial charge < -0.3 is 15.4 Å². The van der Waals surface area contributed by atoms with E-state index in [2.05, 4.69) is 9.97 Å². The maximum Gasteiger partial charge on any atom is 0.0952 e. The fraction of sp³-hybridized carbons (Fsp3) is 0.273. The zero-order valence-corrected chi connectivity index (χ0v) is 8.82. The Morgan fingerprint density at radius 3 is 3.00 bits per heavy atom. The highest BCUT2D eigenvalue weighted by atomic mass is 16.3. The normalized spacial score (nSPS) is 12.6. The number of nitrogens with zero attached hydrogens (tertiary/aromatic N) is 3. The minimum absolute atomic E-state index is 0.0894. The van der Waals surface area contributed by atoms with Gasteiger partial charge in [0, 0.05) is 12.4 Å². The van der Waals surface area contributed by atoms with Crippen LogP contribution in [-0.4, -0.2) is 26.2 Å². The van der Waals surface area contributed by atoms with E-state index in [-0.39, 0.29) is 6.61 Å². The fourth-order valence-electron chi connectivity index (χ4n) is 1.53. The van der Waals surface area contributed by atoms with Crippen LogP contribution in [0.25, 0.3) is 0 Å². The minimum atomic E-state index is -0.397. The standard InChI is InChI=1S/C11H14N4O/c12-10(7-16)11-5-13-8-15(11)6-9-3-1-2-4-14-9/h1-5,8,10,16H,6-7,12H2. The lowest BCUT2D eigenvalue weighted by molar-refractivity contribution is 0.263. The van der Waals surface area contributed by atoms with Crippen LogP contribution in [0.4, 0.5) is 0 Å². The summed E-state index contributed by atoms with van der Waals surface area (Å²) in [5.41, 5.74) is 7.51. The van der Waals surface area contributed by atoms with Gasteiger partial charge in [0.1, 0.15) is 0 Å². The summed E-state index contributed by atoms with van der Waals surface area (Å²) in [5, 5.41) is 9.02. The van der Waals surface area contributed by atoms with E-state index in [9.17, 15) is 0 Å². The van der Waals surface area contributed by atoms with Gasteiger partial charge in [-0.1, -0.05) is 6.07 Å². The molecular formula is C11H14N4O. The summed E-state index contributed by atoms with van der Waals surface area (Å²) in [6, 6.07) is 5.35. The number of aliphatic hydroxyl groups is 1. The average molecular weight is 218 g/mol. The molecule has 0 aliphatic carbocycles. The smallest absolute Gasteiger partial charge is 0.0952 e. The van der Waals surface area contributed by atoms with Crippen LogP contribution in [0.5, 0.6) is 0 Å². The number of aromatic nitrogens is 3. The van der Waals surface area contributed by atoms with Crippen molar-refractivity contribution in [2.45, 2.75) is 12.6 Å². The predicted octanol–water partition coefficient (Wildman–Crippen LogP) is 0.318. The third-order valence-corrected chi connectivity index (χ3v) is 2.38. The summed E-state index contributed by atoms with van der Waals surface area (Å²) in [4.78, 5) is 8.26. The molecule has 2 heterocycles. The largest absolute Gasteiger partial charge is 0.394 e. The van der Waals surface area contributed by atoms with E-state index in [1.807, 2.05) is 22.8 Å². The van der Waals surface area contributed by atoms with Gasteiger partial charge in [0.2, 0.25) is 0 Å². The minimum Gasteiger partial charge on any atom is -0.394 e. The molecule has 2 rings (SSSR count). The lowest BCUT2D eigenvalue weighted by atomic mass is 10.2. The zero-order chi connectivity index (χ0) is 11.4. The quantitative estimate of drug-likeness (QED) is 0.774. The van der Waals surface area contributed by atoms with Crippen molar-refractivity contribution < 1.29 is 5.11 Å². The summed E-state index contributed by atoms with van der Waals surface area (Å²) in [7, 11) is 0. The van der Waals surface area contributed by atoms with Crippen LogP contribution in [0.3, 0.4) is 0 Å². The van der Waals surface area contributed by atoms with Gasteiger partial charge in [0.15, 0.2) is 0 Å². The van der Waals surface area contributed by atoms with Gasteiger partial charge in [-0.3, -0.25) is 4.98 Å². The van der Waals surface area contributed by atoms with E-state index < -0.39 is 6.04 Å². The van der Waals surface area contributed by atoms with Gasteiger partial charge in [0.05, 0.1) is 36.9 Å². The number of rotatable bonds is 4. The summed E-state index contributed by atoms with van der Waals surface area (Å²) >= 11 is 0. The Bertz CT molecular complexity index is 440. The van der Waals surface area contributed by atoms with Crippen LogP contribution < -0.4 is 5.73 Å². The predicted molar refractivity (Wildman–Crippen MR) is 59.6 cm³/mol. The van der Waals surface area contributed by atoms with E-state index in [1.165, 1.54) is 0 Å². The SMILES string of the molecule is NC(CO)c1cncn1Cc1ccccn1. The van der Waals surface area contributed by atoms with E-state index in [1.54, 1.807) is 18.7 Å². The maximum absolute atomic E-state index is 9.02. The van der Waals surface area contributed by atoms with Crippen LogP contribution in [-0.2, 0) is 6.54 Å². The fourth-order valence-corrected chi connectivity index (χ4v) is 1.53. The highest BCUT2D eigenvalue weighted by Gasteiger charge is 2.10. The van der Waals surface area contributed by atoms with Gasteiger partial charge >= 0.3 is 0 Å². The van der Waals surface area contributed by atoms with Gasteiger partial charge in [-0.25, -0.2) is 4.98 Å². The van der Waals surface area contributed by atoms with Crippen LogP contribution >= 0.6 is 0 Å². The molecule has 0 aromatic carbocycles. The Morgan fingerprint density at radius 2 is 2.31 bits per heavy atom. The first-order valence-corrected chi connectivity index (χ1v) is 5.07. The van der Waals surface area contributed by atoms with E-state index >= 15 is 0 Å². The molecule has 0 aliphatic rings. The van der Waals surface area contributed by atoms with Crippen molar-refractivity contribution >= 4 is 0 Å². The molecule has 5 nitrogen and oxygen atoms in total. The summed E-state index contributed by atoms with van der Waals surface area (Å²) < 4.78 is 1.89. The summed E-state index contributed by atoms with van der Waals surface area (Å²) in [5.74, 6) is 0. The van der Waals surface area contributed by atoms with Crippen LogP contribution in [0, 0.1) is 0 Å². The van der Waals surface area contributed by atoms with Crippen LogP contribution in [0.1, 0.15) is 17.4 Å². The third kappa shape index (κ3) is 2.26. The maximum atomic E-state index is 9.02. The first-order valence-electron chi connectivity index (χ1n) is 5.07. The Morgan fingerprint density at radius 1 is 1.44 bits per heavy atom. The van der Waals surface area contributed by atoms with Crippen LogP contribution in [0.15, 0.2) is 36.9 Å². The molecule has 0 bridgehead atoms. The average Bonchev–Trinajstić information content (AvgIpc) is 2.77. The first kappa shape index (κ1) is 10.8. The van der Waals surface area contributed by atoms with Crippen molar-refractivity contribution in [3.8, 4) is 0 Å². The molecule has 0 amide bonds.